The highest BCUT2D eigenvalue weighted by Gasteiger charge is 2.20. The largest absolute Gasteiger partial charge is 0.370 e. The molecule has 1 aromatic heterocycles. The van der Waals surface area contributed by atoms with E-state index in [1.54, 1.807) is 18.2 Å². The highest BCUT2D eigenvalue weighted by molar-refractivity contribution is 7.99. The van der Waals surface area contributed by atoms with Crippen LogP contribution in [0.25, 0.3) is 11.4 Å². The molecule has 32 heavy (non-hydrogen) atoms. The molecule has 0 saturated heterocycles. The molecule has 0 atom stereocenters. The second-order valence-corrected chi connectivity index (χ2v) is 8.12. The van der Waals surface area contributed by atoms with Gasteiger partial charge in [-0.2, -0.15) is 0 Å². The molecule has 10 heteroatoms. The number of amides is 2. The van der Waals surface area contributed by atoms with E-state index in [-0.39, 0.29) is 24.6 Å². The molecule has 0 radical (unpaired) electrons. The Morgan fingerprint density at radius 3 is 2.47 bits per heavy atom. The van der Waals surface area contributed by atoms with E-state index < -0.39 is 11.7 Å². The third-order valence-electron chi connectivity index (χ3n) is 4.48. The van der Waals surface area contributed by atoms with Crippen LogP contribution in [0.4, 0.5) is 10.1 Å². The van der Waals surface area contributed by atoms with Crippen LogP contribution in [-0.4, -0.2) is 38.9 Å². The van der Waals surface area contributed by atoms with Crippen molar-refractivity contribution in [3.63, 3.8) is 0 Å². The van der Waals surface area contributed by atoms with Gasteiger partial charge in [-0.05, 0) is 48.5 Å². The summed E-state index contributed by atoms with van der Waals surface area (Å²) in [5.74, 6) is -0.565. The lowest BCUT2D eigenvalue weighted by molar-refractivity contribution is -0.118. The first-order valence-corrected chi connectivity index (χ1v) is 11.0. The second kappa shape index (κ2) is 10.9. The fourth-order valence-electron chi connectivity index (χ4n) is 2.95. The van der Waals surface area contributed by atoms with E-state index in [4.69, 9.17) is 17.3 Å². The minimum atomic E-state index is -0.532. The number of halogens is 2. The van der Waals surface area contributed by atoms with E-state index >= 15 is 0 Å². The number of thioether (sulfide) groups is 1. The molecule has 0 spiro atoms. The Morgan fingerprint density at radius 1 is 1.16 bits per heavy atom. The number of nitrogens with zero attached hydrogens (tertiary/aromatic N) is 4. The summed E-state index contributed by atoms with van der Waals surface area (Å²) in [6, 6.07) is 12.7. The summed E-state index contributed by atoms with van der Waals surface area (Å²) in [4.78, 5) is 25.6. The van der Waals surface area contributed by atoms with Crippen molar-refractivity contribution in [3.05, 3.63) is 72.0 Å². The minimum absolute atomic E-state index is 0.0128. The Hall–Kier alpha value is -3.17. The molecule has 0 fully saturated rings. The number of rotatable bonds is 10. The first kappa shape index (κ1) is 23.5. The quantitative estimate of drug-likeness (QED) is 0.355. The number of anilines is 1. The Bertz CT molecular complexity index is 1100. The highest BCUT2D eigenvalue weighted by Crippen LogP contribution is 2.26. The number of primary amides is 1. The average Bonchev–Trinajstić information content (AvgIpc) is 3.17. The standard InChI is InChI=1S/C22H21ClFN5O2S/c1-2-12-29-21(15-3-5-16(23)6-4-15)26-27-22(29)32-14-20(31)28(13-11-19(25)30)18-9-7-17(24)8-10-18/h2-10H,1,11-14H2,(H2,25,30). The Kier molecular flexibility index (Phi) is 8.02. The maximum absolute atomic E-state index is 13.3. The predicted octanol–water partition coefficient (Wildman–Crippen LogP) is 3.92. The minimum Gasteiger partial charge on any atom is -0.370 e. The van der Waals surface area contributed by atoms with Crippen molar-refractivity contribution in [1.82, 2.24) is 14.8 Å². The molecule has 2 N–H and O–H groups in total. The molecule has 166 valence electrons. The SMILES string of the molecule is C=CCn1c(SCC(=O)N(CCC(N)=O)c2ccc(F)cc2)nnc1-c1ccc(Cl)cc1. The summed E-state index contributed by atoms with van der Waals surface area (Å²) in [5.41, 5.74) is 6.56. The first-order valence-electron chi connectivity index (χ1n) is 9.66. The number of carbonyl (C=O) groups is 2. The van der Waals surface area contributed by atoms with Crippen LogP contribution in [0.5, 0.6) is 0 Å². The molecule has 0 saturated carbocycles. The highest BCUT2D eigenvalue weighted by atomic mass is 35.5. The van der Waals surface area contributed by atoms with Crippen LogP contribution in [0, 0.1) is 5.82 Å². The van der Waals surface area contributed by atoms with Crippen molar-refractivity contribution in [1.29, 1.82) is 0 Å². The molecule has 3 rings (SSSR count). The molecule has 0 aliphatic heterocycles. The molecule has 0 bridgehead atoms. The van der Waals surface area contributed by atoms with Crippen LogP contribution in [-0.2, 0) is 16.1 Å². The van der Waals surface area contributed by atoms with Gasteiger partial charge in [0.15, 0.2) is 11.0 Å². The second-order valence-electron chi connectivity index (χ2n) is 6.74. The van der Waals surface area contributed by atoms with E-state index in [9.17, 15) is 14.0 Å². The molecule has 1 heterocycles. The van der Waals surface area contributed by atoms with E-state index in [2.05, 4.69) is 16.8 Å². The van der Waals surface area contributed by atoms with Gasteiger partial charge in [-0.3, -0.25) is 14.2 Å². The van der Waals surface area contributed by atoms with Gasteiger partial charge in [0.05, 0.1) is 5.75 Å². The van der Waals surface area contributed by atoms with Gasteiger partial charge in [-0.1, -0.05) is 29.4 Å². The van der Waals surface area contributed by atoms with E-state index in [0.29, 0.717) is 28.2 Å². The number of allylic oxidation sites excluding steroid dienone is 1. The number of hydrogen-bond acceptors (Lipinski definition) is 5. The summed E-state index contributed by atoms with van der Waals surface area (Å²) < 4.78 is 15.1. The Labute approximate surface area is 194 Å². The first-order chi connectivity index (χ1) is 15.4. The van der Waals surface area contributed by atoms with Gasteiger partial charge in [0.1, 0.15) is 5.82 Å². The van der Waals surface area contributed by atoms with E-state index in [1.807, 2.05) is 16.7 Å². The molecule has 0 aliphatic carbocycles. The maximum Gasteiger partial charge on any atom is 0.237 e. The fraction of sp³-hybridized carbons (Fsp3) is 0.182. The summed E-state index contributed by atoms with van der Waals surface area (Å²) >= 11 is 7.18. The average molecular weight is 474 g/mol. The lowest BCUT2D eigenvalue weighted by Gasteiger charge is -2.22. The molecule has 7 nitrogen and oxygen atoms in total. The van der Waals surface area contributed by atoms with Crippen molar-refractivity contribution < 1.29 is 14.0 Å². The monoisotopic (exact) mass is 473 g/mol. The third-order valence-corrected chi connectivity index (χ3v) is 5.68. The zero-order valence-electron chi connectivity index (χ0n) is 17.1. The molecule has 0 unspecified atom stereocenters. The molecule has 2 aromatic carbocycles. The third kappa shape index (κ3) is 5.95. The van der Waals surface area contributed by atoms with Crippen LogP contribution < -0.4 is 10.6 Å². The molecule has 0 aliphatic rings. The van der Waals surface area contributed by atoms with Gasteiger partial charge in [0, 0.05) is 35.8 Å². The normalized spacial score (nSPS) is 10.7. The summed E-state index contributed by atoms with van der Waals surface area (Å²) in [6.45, 7) is 4.32. The van der Waals surface area contributed by atoms with Crippen LogP contribution in [0.1, 0.15) is 6.42 Å². The van der Waals surface area contributed by atoms with E-state index in [0.717, 1.165) is 5.56 Å². The van der Waals surface area contributed by atoms with Gasteiger partial charge in [0.2, 0.25) is 11.8 Å². The number of benzene rings is 2. The molecule has 3 aromatic rings. The summed E-state index contributed by atoms with van der Waals surface area (Å²) in [7, 11) is 0. The summed E-state index contributed by atoms with van der Waals surface area (Å²) in [5, 5.41) is 9.63. The predicted molar refractivity (Wildman–Crippen MR) is 124 cm³/mol. The van der Waals surface area contributed by atoms with Crippen LogP contribution in [0.3, 0.4) is 0 Å². The van der Waals surface area contributed by atoms with Crippen molar-refractivity contribution in [2.45, 2.75) is 18.1 Å². The van der Waals surface area contributed by atoms with Crippen LogP contribution >= 0.6 is 23.4 Å². The topological polar surface area (TPSA) is 94.1 Å². The van der Waals surface area contributed by atoms with Crippen molar-refractivity contribution >= 4 is 40.9 Å². The maximum atomic E-state index is 13.3. The van der Waals surface area contributed by atoms with Crippen LogP contribution in [0.15, 0.2) is 66.3 Å². The number of nitrogens with two attached hydrogens (primary N) is 1. The van der Waals surface area contributed by atoms with Gasteiger partial charge in [-0.25, -0.2) is 4.39 Å². The zero-order valence-corrected chi connectivity index (χ0v) is 18.7. The molecular weight excluding hydrogens is 453 g/mol. The lowest BCUT2D eigenvalue weighted by Crippen LogP contribution is -2.35. The number of carbonyl (C=O) groups excluding carboxylic acids is 2. The zero-order chi connectivity index (χ0) is 23.1. The van der Waals surface area contributed by atoms with Crippen molar-refractivity contribution in [2.24, 2.45) is 5.73 Å². The van der Waals surface area contributed by atoms with Crippen molar-refractivity contribution in [2.75, 3.05) is 17.2 Å². The number of aromatic nitrogens is 3. The van der Waals surface area contributed by atoms with Crippen LogP contribution in [0.2, 0.25) is 5.02 Å². The fourth-order valence-corrected chi connectivity index (χ4v) is 3.90. The lowest BCUT2D eigenvalue weighted by atomic mass is 10.2. The number of hydrogen-bond donors (Lipinski definition) is 1. The van der Waals surface area contributed by atoms with Gasteiger partial charge in [0.25, 0.3) is 0 Å². The van der Waals surface area contributed by atoms with Gasteiger partial charge in [-0.15, -0.1) is 16.8 Å². The van der Waals surface area contributed by atoms with Gasteiger partial charge < -0.3 is 10.6 Å². The van der Waals surface area contributed by atoms with E-state index in [1.165, 1.54) is 40.9 Å². The molecular formula is C22H21ClFN5O2S. The van der Waals surface area contributed by atoms with Gasteiger partial charge >= 0.3 is 0 Å². The Balaban J connectivity index is 1.79. The summed E-state index contributed by atoms with van der Waals surface area (Å²) in [6.07, 6.45) is 1.70. The molecule has 2 amide bonds. The Morgan fingerprint density at radius 2 is 1.84 bits per heavy atom. The van der Waals surface area contributed by atoms with Crippen molar-refractivity contribution in [3.8, 4) is 11.4 Å². The smallest absolute Gasteiger partial charge is 0.237 e.